The van der Waals surface area contributed by atoms with Gasteiger partial charge in [-0.1, -0.05) is 30.3 Å². The lowest BCUT2D eigenvalue weighted by Gasteiger charge is -2.32. The summed E-state index contributed by atoms with van der Waals surface area (Å²) >= 11 is 0. The van der Waals surface area contributed by atoms with Gasteiger partial charge in [-0.3, -0.25) is 14.9 Å². The Kier molecular flexibility index (Phi) is 6.44. The van der Waals surface area contributed by atoms with Gasteiger partial charge in [0, 0.05) is 30.6 Å². The Balaban J connectivity index is 1.38. The number of amides is 1. The molecule has 34 heavy (non-hydrogen) atoms. The molecule has 0 unspecified atom stereocenters. The number of rotatable bonds is 5. The second-order valence-corrected chi connectivity index (χ2v) is 7.87. The predicted octanol–water partition coefficient (Wildman–Crippen LogP) is 4.93. The van der Waals surface area contributed by atoms with Crippen LogP contribution in [0.1, 0.15) is 18.4 Å². The van der Waals surface area contributed by atoms with Gasteiger partial charge in [0.05, 0.1) is 28.6 Å². The van der Waals surface area contributed by atoms with Gasteiger partial charge in [0.1, 0.15) is 5.69 Å². The largest absolute Gasteiger partial charge is 0.416 e. The number of aromatic nitrogens is 2. The number of nitrogens with zero attached hydrogens (tertiary/aromatic N) is 4. The summed E-state index contributed by atoms with van der Waals surface area (Å²) in [7, 11) is 0. The SMILES string of the molecule is O=C(Nc1cnc(-c2ccccc2)nc1)C1CCN(c2ccc(C(F)(F)F)cc2[N+](=O)[O-])CC1. The fourth-order valence-corrected chi connectivity index (χ4v) is 3.87. The van der Waals surface area contributed by atoms with Crippen molar-refractivity contribution in [1.82, 2.24) is 9.97 Å². The summed E-state index contributed by atoms with van der Waals surface area (Å²) in [5.41, 5.74) is -0.261. The van der Waals surface area contributed by atoms with Crippen molar-refractivity contribution in [2.75, 3.05) is 23.3 Å². The lowest BCUT2D eigenvalue weighted by Crippen LogP contribution is -2.38. The Bertz CT molecular complexity index is 1180. The van der Waals surface area contributed by atoms with E-state index in [1.54, 1.807) is 4.90 Å². The number of benzene rings is 2. The van der Waals surface area contributed by atoms with Crippen LogP contribution in [0.25, 0.3) is 11.4 Å². The van der Waals surface area contributed by atoms with Gasteiger partial charge in [-0.25, -0.2) is 9.97 Å². The molecule has 0 spiro atoms. The van der Waals surface area contributed by atoms with Gasteiger partial charge in [-0.2, -0.15) is 13.2 Å². The topological polar surface area (TPSA) is 101 Å². The molecule has 176 valence electrons. The van der Waals surface area contributed by atoms with Crippen molar-refractivity contribution < 1.29 is 22.9 Å². The van der Waals surface area contributed by atoms with Crippen LogP contribution in [-0.4, -0.2) is 33.9 Å². The van der Waals surface area contributed by atoms with Crippen LogP contribution in [0.15, 0.2) is 60.9 Å². The average molecular weight is 471 g/mol. The zero-order chi connectivity index (χ0) is 24.3. The molecule has 3 aromatic rings. The quantitative estimate of drug-likeness (QED) is 0.419. The molecule has 2 aromatic carbocycles. The highest BCUT2D eigenvalue weighted by molar-refractivity contribution is 5.92. The maximum absolute atomic E-state index is 12.9. The van der Waals surface area contributed by atoms with Crippen LogP contribution in [0.4, 0.5) is 30.2 Å². The van der Waals surface area contributed by atoms with Crippen molar-refractivity contribution in [2.24, 2.45) is 5.92 Å². The number of carbonyl (C=O) groups excluding carboxylic acids is 1. The van der Waals surface area contributed by atoms with Crippen molar-refractivity contribution in [3.63, 3.8) is 0 Å². The first-order valence-electron chi connectivity index (χ1n) is 10.5. The Morgan fingerprint density at radius 3 is 2.29 bits per heavy atom. The van der Waals surface area contributed by atoms with E-state index < -0.39 is 22.4 Å². The van der Waals surface area contributed by atoms with Crippen molar-refractivity contribution in [3.8, 4) is 11.4 Å². The van der Waals surface area contributed by atoms with Gasteiger partial charge in [0.25, 0.3) is 5.69 Å². The van der Waals surface area contributed by atoms with Crippen LogP contribution in [0.5, 0.6) is 0 Å². The molecule has 1 amide bonds. The maximum atomic E-state index is 12.9. The molecular formula is C23H20F3N5O3. The van der Waals surface area contributed by atoms with Crippen molar-refractivity contribution in [2.45, 2.75) is 19.0 Å². The lowest BCUT2D eigenvalue weighted by atomic mass is 9.95. The third-order valence-electron chi connectivity index (χ3n) is 5.66. The maximum Gasteiger partial charge on any atom is 0.416 e. The molecule has 0 atom stereocenters. The summed E-state index contributed by atoms with van der Waals surface area (Å²) < 4.78 is 38.8. The monoisotopic (exact) mass is 471 g/mol. The molecule has 1 fully saturated rings. The number of nitro benzene ring substituents is 1. The highest BCUT2D eigenvalue weighted by Crippen LogP contribution is 2.37. The van der Waals surface area contributed by atoms with Gasteiger partial charge < -0.3 is 10.2 Å². The second kappa shape index (κ2) is 9.46. The van der Waals surface area contributed by atoms with E-state index in [2.05, 4.69) is 15.3 Å². The van der Waals surface area contributed by atoms with Gasteiger partial charge in [0.15, 0.2) is 5.82 Å². The lowest BCUT2D eigenvalue weighted by molar-refractivity contribution is -0.384. The molecule has 0 bridgehead atoms. The molecule has 1 aromatic heterocycles. The van der Waals surface area contributed by atoms with Crippen LogP contribution >= 0.6 is 0 Å². The number of anilines is 2. The molecule has 0 aliphatic carbocycles. The summed E-state index contributed by atoms with van der Waals surface area (Å²) in [6.07, 6.45) is -0.834. The number of hydrogen-bond donors (Lipinski definition) is 1. The standard InChI is InChI=1S/C23H20F3N5O3/c24-23(25,26)17-6-7-19(20(12-17)31(33)34)30-10-8-16(9-11-30)22(32)29-18-13-27-21(28-14-18)15-4-2-1-3-5-15/h1-7,12-14,16H,8-11H2,(H,29,32). The van der Waals surface area contributed by atoms with Crippen molar-refractivity contribution >= 4 is 23.0 Å². The van der Waals surface area contributed by atoms with Gasteiger partial charge >= 0.3 is 6.18 Å². The minimum Gasteiger partial charge on any atom is -0.366 e. The summed E-state index contributed by atoms with van der Waals surface area (Å²) in [5, 5.41) is 14.2. The zero-order valence-corrected chi connectivity index (χ0v) is 17.8. The molecule has 1 aliphatic heterocycles. The zero-order valence-electron chi connectivity index (χ0n) is 17.8. The first-order chi connectivity index (χ1) is 16.2. The van der Waals surface area contributed by atoms with Crippen LogP contribution < -0.4 is 10.2 Å². The highest BCUT2D eigenvalue weighted by atomic mass is 19.4. The highest BCUT2D eigenvalue weighted by Gasteiger charge is 2.35. The molecule has 1 saturated heterocycles. The van der Waals surface area contributed by atoms with E-state index in [9.17, 15) is 28.1 Å². The van der Waals surface area contributed by atoms with E-state index in [1.165, 1.54) is 12.4 Å². The molecule has 1 N–H and O–H groups in total. The van der Waals surface area contributed by atoms with E-state index in [1.807, 2.05) is 30.3 Å². The molecular weight excluding hydrogens is 451 g/mol. The van der Waals surface area contributed by atoms with Crippen LogP contribution in [-0.2, 0) is 11.0 Å². The predicted molar refractivity (Wildman–Crippen MR) is 119 cm³/mol. The van der Waals surface area contributed by atoms with Crippen LogP contribution in [0, 0.1) is 16.0 Å². The van der Waals surface area contributed by atoms with E-state index in [0.717, 1.165) is 17.7 Å². The molecule has 0 saturated carbocycles. The fraction of sp³-hybridized carbons (Fsp3) is 0.261. The summed E-state index contributed by atoms with van der Waals surface area (Å²) in [5.74, 6) is -0.0405. The van der Waals surface area contributed by atoms with Gasteiger partial charge in [-0.15, -0.1) is 0 Å². The summed E-state index contributed by atoms with van der Waals surface area (Å²) in [4.78, 5) is 33.4. The van der Waals surface area contributed by atoms with Gasteiger partial charge in [-0.05, 0) is 25.0 Å². The number of alkyl halides is 3. The first kappa shape index (κ1) is 23.1. The second-order valence-electron chi connectivity index (χ2n) is 7.87. The molecule has 8 nitrogen and oxygen atoms in total. The molecule has 4 rings (SSSR count). The van der Waals surface area contributed by atoms with E-state index in [4.69, 9.17) is 0 Å². The normalized spacial score (nSPS) is 14.6. The van der Waals surface area contributed by atoms with Crippen LogP contribution in [0.2, 0.25) is 0 Å². The summed E-state index contributed by atoms with van der Waals surface area (Å²) in [6.45, 7) is 0.599. The minimum atomic E-state index is -4.67. The Labute approximate surface area is 192 Å². The number of nitro groups is 1. The number of halogens is 3. The van der Waals surface area contributed by atoms with E-state index in [-0.39, 0.29) is 17.5 Å². The van der Waals surface area contributed by atoms with Gasteiger partial charge in [0.2, 0.25) is 5.91 Å². The number of nitrogens with one attached hydrogen (secondary N) is 1. The Morgan fingerprint density at radius 2 is 1.71 bits per heavy atom. The molecule has 0 radical (unpaired) electrons. The van der Waals surface area contributed by atoms with Crippen LogP contribution in [0.3, 0.4) is 0 Å². The van der Waals surface area contributed by atoms with Crippen molar-refractivity contribution in [3.05, 3.63) is 76.6 Å². The molecule has 1 aliphatic rings. The third kappa shape index (κ3) is 5.13. The smallest absolute Gasteiger partial charge is 0.366 e. The van der Waals surface area contributed by atoms with E-state index in [0.29, 0.717) is 43.5 Å². The third-order valence-corrected chi connectivity index (χ3v) is 5.66. The number of hydrogen-bond acceptors (Lipinski definition) is 6. The first-order valence-corrected chi connectivity index (χ1v) is 10.5. The number of carbonyl (C=O) groups is 1. The minimum absolute atomic E-state index is 0.113. The average Bonchev–Trinajstić information content (AvgIpc) is 2.84. The Hall–Kier alpha value is -4.02. The molecule has 2 heterocycles. The fourth-order valence-electron chi connectivity index (χ4n) is 3.87. The van der Waals surface area contributed by atoms with Crippen molar-refractivity contribution in [1.29, 1.82) is 0 Å². The molecule has 11 heteroatoms. The van der Waals surface area contributed by atoms with E-state index >= 15 is 0 Å². The Morgan fingerprint density at radius 1 is 1.06 bits per heavy atom. The number of piperidine rings is 1. The summed E-state index contributed by atoms with van der Waals surface area (Å²) in [6, 6.07) is 11.9.